The van der Waals surface area contributed by atoms with E-state index in [1.807, 2.05) is 5.32 Å². The third-order valence-electron chi connectivity index (χ3n) is 2.04. The van der Waals surface area contributed by atoms with Crippen LogP contribution in [0.25, 0.3) is 0 Å². The third-order valence-corrected chi connectivity index (χ3v) is 3.52. The molecule has 1 rings (SSSR count). The molecule has 1 aromatic carbocycles. The number of hydrogen-bond acceptors (Lipinski definition) is 5. The van der Waals surface area contributed by atoms with Crippen LogP contribution in [0.1, 0.15) is 5.56 Å². The van der Waals surface area contributed by atoms with Crippen LogP contribution in [0.4, 0.5) is 4.79 Å². The number of benzene rings is 1. The van der Waals surface area contributed by atoms with Gasteiger partial charge in [-0.2, -0.15) is 0 Å². The summed E-state index contributed by atoms with van der Waals surface area (Å²) in [5.74, 6) is -0.444. The largest absolute Gasteiger partial charge is 0.484 e. The van der Waals surface area contributed by atoms with E-state index in [2.05, 4.69) is 0 Å². The number of carbonyl (C=O) groups excluding carboxylic acids is 2. The minimum absolute atomic E-state index is 0.0388. The lowest BCUT2D eigenvalue weighted by molar-refractivity contribution is -0.121. The van der Waals surface area contributed by atoms with Gasteiger partial charge in [-0.15, -0.1) is 0 Å². The van der Waals surface area contributed by atoms with E-state index in [1.165, 1.54) is 25.1 Å². The number of nitrogens with one attached hydrogen (secondary N) is 1. The van der Waals surface area contributed by atoms with Crippen molar-refractivity contribution < 1.29 is 22.7 Å². The first-order valence-electron chi connectivity index (χ1n) is 4.97. The van der Waals surface area contributed by atoms with Gasteiger partial charge in [0.2, 0.25) is 0 Å². The Morgan fingerprint density at radius 1 is 1.42 bits per heavy atom. The van der Waals surface area contributed by atoms with Gasteiger partial charge >= 0.3 is 6.03 Å². The highest BCUT2D eigenvalue weighted by atomic mass is 35.7. The fourth-order valence-electron chi connectivity index (χ4n) is 1.31. The minimum atomic E-state index is -3.82. The maximum atomic E-state index is 11.2. The Hall–Kier alpha value is -1.80. The van der Waals surface area contributed by atoms with Crippen molar-refractivity contribution in [1.29, 1.82) is 0 Å². The fourth-order valence-corrected chi connectivity index (χ4v) is 2.50. The van der Waals surface area contributed by atoms with Gasteiger partial charge in [0.25, 0.3) is 15.0 Å². The first-order valence-corrected chi connectivity index (χ1v) is 7.28. The predicted molar refractivity (Wildman–Crippen MR) is 67.4 cm³/mol. The summed E-state index contributed by atoms with van der Waals surface area (Å²) in [5, 5.41) is 1.82. The maximum Gasteiger partial charge on any atom is 0.318 e. The van der Waals surface area contributed by atoms with Crippen molar-refractivity contribution >= 4 is 31.7 Å². The van der Waals surface area contributed by atoms with E-state index in [9.17, 15) is 18.0 Å². The standard InChI is InChI=1S/C10H11ClN2O5S/c1-6-4-7(2-3-8(6)19(11,16)17)18-5-9(14)13-10(12)15/h2-4H,5H2,1H3,(H3,12,13,14,15). The zero-order valence-electron chi connectivity index (χ0n) is 9.84. The Labute approximate surface area is 114 Å². The number of nitrogens with two attached hydrogens (primary N) is 1. The molecule has 104 valence electrons. The molecule has 0 aliphatic heterocycles. The molecule has 0 fully saturated rings. The third kappa shape index (κ3) is 4.76. The molecule has 1 aromatic rings. The summed E-state index contributed by atoms with van der Waals surface area (Å²) in [6.45, 7) is 1.11. The van der Waals surface area contributed by atoms with Crippen LogP contribution in [0.15, 0.2) is 23.1 Å². The lowest BCUT2D eigenvalue weighted by Gasteiger charge is -2.08. The number of urea groups is 1. The van der Waals surface area contributed by atoms with E-state index in [0.717, 1.165) is 0 Å². The molecule has 3 N–H and O–H groups in total. The average Bonchev–Trinajstić information content (AvgIpc) is 2.23. The van der Waals surface area contributed by atoms with E-state index in [-0.39, 0.29) is 10.6 Å². The predicted octanol–water partition coefficient (Wildman–Crippen LogP) is 0.496. The highest BCUT2D eigenvalue weighted by Gasteiger charge is 2.14. The van der Waals surface area contributed by atoms with E-state index < -0.39 is 27.6 Å². The van der Waals surface area contributed by atoms with E-state index in [4.69, 9.17) is 21.2 Å². The van der Waals surface area contributed by atoms with Gasteiger partial charge in [-0.3, -0.25) is 10.1 Å². The fraction of sp³-hybridized carbons (Fsp3) is 0.200. The topological polar surface area (TPSA) is 116 Å². The SMILES string of the molecule is Cc1cc(OCC(=O)NC(N)=O)ccc1S(=O)(=O)Cl. The van der Waals surface area contributed by atoms with Crippen molar-refractivity contribution in [3.8, 4) is 5.75 Å². The van der Waals surface area contributed by atoms with Crippen molar-refractivity contribution in [3.05, 3.63) is 23.8 Å². The van der Waals surface area contributed by atoms with Crippen molar-refractivity contribution in [2.75, 3.05) is 6.61 Å². The second-order valence-electron chi connectivity index (χ2n) is 3.57. The summed E-state index contributed by atoms with van der Waals surface area (Å²) in [5.41, 5.74) is 5.12. The number of aryl methyl sites for hydroxylation is 1. The number of ether oxygens (including phenoxy) is 1. The van der Waals surface area contributed by atoms with E-state index >= 15 is 0 Å². The molecule has 3 amide bonds. The summed E-state index contributed by atoms with van der Waals surface area (Å²) in [4.78, 5) is 21.4. The van der Waals surface area contributed by atoms with Crippen LogP contribution in [-0.2, 0) is 13.8 Å². The van der Waals surface area contributed by atoms with Gasteiger partial charge in [0.15, 0.2) is 6.61 Å². The van der Waals surface area contributed by atoms with Crippen LogP contribution >= 0.6 is 10.7 Å². The Bertz CT molecular complexity index is 614. The highest BCUT2D eigenvalue weighted by Crippen LogP contribution is 2.23. The summed E-state index contributed by atoms with van der Waals surface area (Å²) in [6.07, 6.45) is 0. The molecule has 0 spiro atoms. The van der Waals surface area contributed by atoms with Crippen LogP contribution in [0.2, 0.25) is 0 Å². The lowest BCUT2D eigenvalue weighted by Crippen LogP contribution is -2.38. The summed E-state index contributed by atoms with van der Waals surface area (Å²) >= 11 is 0. The molecule has 0 radical (unpaired) electrons. The summed E-state index contributed by atoms with van der Waals surface area (Å²) in [7, 11) is 1.40. The molecule has 0 saturated carbocycles. The van der Waals surface area contributed by atoms with Crippen molar-refractivity contribution in [2.45, 2.75) is 11.8 Å². The van der Waals surface area contributed by atoms with Crippen molar-refractivity contribution in [2.24, 2.45) is 5.73 Å². The number of halogens is 1. The molecule has 0 bridgehead atoms. The maximum absolute atomic E-state index is 11.2. The van der Waals surface area contributed by atoms with Crippen LogP contribution in [0.5, 0.6) is 5.75 Å². The molecule has 0 unspecified atom stereocenters. The Kier molecular flexibility index (Phi) is 4.73. The molecule has 0 atom stereocenters. The Morgan fingerprint density at radius 2 is 2.05 bits per heavy atom. The molecule has 0 saturated heterocycles. The first-order chi connectivity index (χ1) is 8.70. The second kappa shape index (κ2) is 5.89. The molecule has 9 heteroatoms. The zero-order valence-corrected chi connectivity index (χ0v) is 11.4. The smallest absolute Gasteiger partial charge is 0.318 e. The van der Waals surface area contributed by atoms with Crippen LogP contribution in [0, 0.1) is 6.92 Å². The van der Waals surface area contributed by atoms with Gasteiger partial charge in [0, 0.05) is 10.7 Å². The molecule has 19 heavy (non-hydrogen) atoms. The molecule has 0 aliphatic carbocycles. The number of imide groups is 1. The van der Waals surface area contributed by atoms with Crippen molar-refractivity contribution in [3.63, 3.8) is 0 Å². The van der Waals surface area contributed by atoms with Gasteiger partial charge in [0.1, 0.15) is 5.75 Å². The number of primary amides is 1. The van der Waals surface area contributed by atoms with Gasteiger partial charge in [-0.1, -0.05) is 0 Å². The van der Waals surface area contributed by atoms with E-state index in [1.54, 1.807) is 0 Å². The molecular weight excluding hydrogens is 296 g/mol. The number of rotatable bonds is 4. The van der Waals surface area contributed by atoms with Crippen LogP contribution in [-0.4, -0.2) is 27.0 Å². The molecule has 7 nitrogen and oxygen atoms in total. The second-order valence-corrected chi connectivity index (χ2v) is 6.10. The monoisotopic (exact) mass is 306 g/mol. The normalized spacial score (nSPS) is 10.8. The quantitative estimate of drug-likeness (QED) is 0.786. The van der Waals surface area contributed by atoms with Gasteiger partial charge in [0.05, 0.1) is 4.90 Å². The zero-order chi connectivity index (χ0) is 14.6. The Balaban J connectivity index is 2.75. The number of hydrogen-bond donors (Lipinski definition) is 2. The number of amides is 3. The molecular formula is C10H11ClN2O5S. The Morgan fingerprint density at radius 3 is 2.53 bits per heavy atom. The van der Waals surface area contributed by atoms with Gasteiger partial charge < -0.3 is 10.5 Å². The highest BCUT2D eigenvalue weighted by molar-refractivity contribution is 8.13. The van der Waals surface area contributed by atoms with Crippen molar-refractivity contribution in [1.82, 2.24) is 5.32 Å². The van der Waals surface area contributed by atoms with Crippen LogP contribution < -0.4 is 15.8 Å². The first kappa shape index (κ1) is 15.3. The number of carbonyl (C=O) groups is 2. The molecule has 0 aromatic heterocycles. The van der Waals surface area contributed by atoms with Crippen LogP contribution in [0.3, 0.4) is 0 Å². The van der Waals surface area contributed by atoms with E-state index in [0.29, 0.717) is 5.56 Å². The summed E-state index contributed by atoms with van der Waals surface area (Å²) < 4.78 is 27.4. The molecule has 0 heterocycles. The average molecular weight is 307 g/mol. The summed E-state index contributed by atoms with van der Waals surface area (Å²) in [6, 6.07) is 3.04. The minimum Gasteiger partial charge on any atom is -0.484 e. The molecule has 0 aliphatic rings. The lowest BCUT2D eigenvalue weighted by atomic mass is 10.2. The van der Waals surface area contributed by atoms with Gasteiger partial charge in [-0.25, -0.2) is 13.2 Å². The van der Waals surface area contributed by atoms with Gasteiger partial charge in [-0.05, 0) is 30.7 Å².